The van der Waals surface area contributed by atoms with Crippen LogP contribution in [0.2, 0.25) is 0 Å². The van der Waals surface area contributed by atoms with Crippen LogP contribution in [0, 0.1) is 5.92 Å². The van der Waals surface area contributed by atoms with Gasteiger partial charge in [-0.25, -0.2) is 9.97 Å². The number of rotatable bonds is 3. The monoisotopic (exact) mass is 205 g/mol. The van der Waals surface area contributed by atoms with E-state index < -0.39 is 0 Å². The van der Waals surface area contributed by atoms with Gasteiger partial charge < -0.3 is 5.73 Å². The SMILES string of the molecule is NCc1cc(CC2CCCCC2)ncn1. The van der Waals surface area contributed by atoms with Crippen molar-refractivity contribution >= 4 is 0 Å². The zero-order valence-corrected chi connectivity index (χ0v) is 9.15. The van der Waals surface area contributed by atoms with Crippen molar-refractivity contribution in [1.29, 1.82) is 0 Å². The molecule has 0 radical (unpaired) electrons. The summed E-state index contributed by atoms with van der Waals surface area (Å²) in [7, 11) is 0. The Morgan fingerprint density at radius 3 is 2.60 bits per heavy atom. The lowest BCUT2D eigenvalue weighted by Gasteiger charge is -2.20. The molecule has 15 heavy (non-hydrogen) atoms. The molecule has 0 bridgehead atoms. The molecule has 0 amide bonds. The highest BCUT2D eigenvalue weighted by molar-refractivity contribution is 5.08. The number of hydrogen-bond donors (Lipinski definition) is 1. The molecule has 0 aliphatic heterocycles. The molecule has 2 rings (SSSR count). The van der Waals surface area contributed by atoms with Crippen LogP contribution < -0.4 is 5.73 Å². The van der Waals surface area contributed by atoms with E-state index in [0.717, 1.165) is 23.7 Å². The molecule has 0 atom stereocenters. The molecule has 3 nitrogen and oxygen atoms in total. The summed E-state index contributed by atoms with van der Waals surface area (Å²) in [5.74, 6) is 0.833. The lowest BCUT2D eigenvalue weighted by molar-refractivity contribution is 0.354. The normalized spacial score (nSPS) is 17.9. The minimum Gasteiger partial charge on any atom is -0.325 e. The van der Waals surface area contributed by atoms with Crippen LogP contribution in [0.3, 0.4) is 0 Å². The summed E-state index contributed by atoms with van der Waals surface area (Å²) in [4.78, 5) is 8.43. The largest absolute Gasteiger partial charge is 0.325 e. The molecule has 3 heteroatoms. The highest BCUT2D eigenvalue weighted by Crippen LogP contribution is 2.26. The van der Waals surface area contributed by atoms with Crippen molar-refractivity contribution in [3.63, 3.8) is 0 Å². The van der Waals surface area contributed by atoms with Crippen molar-refractivity contribution in [2.24, 2.45) is 11.7 Å². The second-order valence-electron chi connectivity index (χ2n) is 4.41. The van der Waals surface area contributed by atoms with Gasteiger partial charge in [-0.3, -0.25) is 0 Å². The van der Waals surface area contributed by atoms with E-state index >= 15 is 0 Å². The lowest BCUT2D eigenvalue weighted by Crippen LogP contribution is -2.11. The van der Waals surface area contributed by atoms with Crippen molar-refractivity contribution < 1.29 is 0 Å². The molecule has 0 aromatic carbocycles. The van der Waals surface area contributed by atoms with Crippen molar-refractivity contribution in [2.75, 3.05) is 0 Å². The van der Waals surface area contributed by atoms with Crippen molar-refractivity contribution in [3.05, 3.63) is 23.8 Å². The third kappa shape index (κ3) is 2.99. The maximum Gasteiger partial charge on any atom is 0.115 e. The fourth-order valence-corrected chi connectivity index (χ4v) is 2.35. The molecular weight excluding hydrogens is 186 g/mol. The number of hydrogen-bond acceptors (Lipinski definition) is 3. The Kier molecular flexibility index (Phi) is 3.67. The second-order valence-corrected chi connectivity index (χ2v) is 4.41. The van der Waals surface area contributed by atoms with Crippen molar-refractivity contribution in [3.8, 4) is 0 Å². The number of nitrogens with zero attached hydrogens (tertiary/aromatic N) is 2. The Hall–Kier alpha value is -0.960. The topological polar surface area (TPSA) is 51.8 Å². The van der Waals surface area contributed by atoms with Crippen LogP contribution in [0.4, 0.5) is 0 Å². The molecule has 1 aliphatic carbocycles. The van der Waals surface area contributed by atoms with E-state index in [9.17, 15) is 0 Å². The van der Waals surface area contributed by atoms with E-state index in [-0.39, 0.29) is 0 Å². The molecule has 0 unspecified atom stereocenters. The number of aromatic nitrogens is 2. The Morgan fingerprint density at radius 2 is 1.87 bits per heavy atom. The van der Waals surface area contributed by atoms with Gasteiger partial charge in [0.05, 0.1) is 5.69 Å². The van der Waals surface area contributed by atoms with E-state index in [0.29, 0.717) is 6.54 Å². The molecule has 1 saturated carbocycles. The number of nitrogens with two attached hydrogens (primary N) is 1. The van der Waals surface area contributed by atoms with Gasteiger partial charge in [0.2, 0.25) is 0 Å². The minimum atomic E-state index is 0.514. The fraction of sp³-hybridized carbons (Fsp3) is 0.667. The zero-order valence-electron chi connectivity index (χ0n) is 9.15. The first-order valence-electron chi connectivity index (χ1n) is 5.88. The Morgan fingerprint density at radius 1 is 1.13 bits per heavy atom. The average Bonchev–Trinajstić information content (AvgIpc) is 2.31. The summed E-state index contributed by atoms with van der Waals surface area (Å²) in [6, 6.07) is 2.05. The van der Waals surface area contributed by atoms with E-state index in [1.54, 1.807) is 6.33 Å². The lowest BCUT2D eigenvalue weighted by atomic mass is 9.86. The smallest absolute Gasteiger partial charge is 0.115 e. The second kappa shape index (κ2) is 5.21. The molecule has 1 aliphatic rings. The minimum absolute atomic E-state index is 0.514. The molecule has 1 fully saturated rings. The van der Waals surface area contributed by atoms with Crippen LogP contribution in [0.5, 0.6) is 0 Å². The predicted octanol–water partition coefficient (Wildman–Crippen LogP) is 2.06. The molecule has 1 aromatic rings. The highest BCUT2D eigenvalue weighted by Gasteiger charge is 2.14. The van der Waals surface area contributed by atoms with Gasteiger partial charge in [0.25, 0.3) is 0 Å². The summed E-state index contributed by atoms with van der Waals surface area (Å²) in [5.41, 5.74) is 7.68. The van der Waals surface area contributed by atoms with Crippen LogP contribution in [-0.2, 0) is 13.0 Å². The Bertz CT molecular complexity index is 305. The summed E-state index contributed by atoms with van der Waals surface area (Å²) >= 11 is 0. The first-order chi connectivity index (χ1) is 7.38. The standard InChI is InChI=1S/C12H19N3/c13-8-12-7-11(14-9-15-12)6-10-4-2-1-3-5-10/h7,9-10H,1-6,8,13H2. The maximum absolute atomic E-state index is 5.56. The molecule has 0 spiro atoms. The summed E-state index contributed by atoms with van der Waals surface area (Å²) < 4.78 is 0. The third-order valence-corrected chi connectivity index (χ3v) is 3.21. The Balaban J connectivity index is 1.96. The van der Waals surface area contributed by atoms with Gasteiger partial charge in [-0.2, -0.15) is 0 Å². The molecule has 1 aromatic heterocycles. The molecule has 1 heterocycles. The predicted molar refractivity (Wildman–Crippen MR) is 60.2 cm³/mol. The fourth-order valence-electron chi connectivity index (χ4n) is 2.35. The van der Waals surface area contributed by atoms with Crippen LogP contribution >= 0.6 is 0 Å². The third-order valence-electron chi connectivity index (χ3n) is 3.21. The van der Waals surface area contributed by atoms with Gasteiger partial charge in [0.1, 0.15) is 6.33 Å². The van der Waals surface area contributed by atoms with E-state index in [1.165, 1.54) is 32.1 Å². The summed E-state index contributed by atoms with van der Waals surface area (Å²) in [5, 5.41) is 0. The molecule has 82 valence electrons. The highest BCUT2D eigenvalue weighted by atomic mass is 14.8. The van der Waals surface area contributed by atoms with Gasteiger partial charge in [-0.05, 0) is 18.4 Å². The quantitative estimate of drug-likeness (QED) is 0.821. The van der Waals surface area contributed by atoms with Crippen LogP contribution in [0.15, 0.2) is 12.4 Å². The average molecular weight is 205 g/mol. The van der Waals surface area contributed by atoms with E-state index in [4.69, 9.17) is 5.73 Å². The van der Waals surface area contributed by atoms with Crippen molar-refractivity contribution in [1.82, 2.24) is 9.97 Å². The van der Waals surface area contributed by atoms with Crippen molar-refractivity contribution in [2.45, 2.75) is 45.1 Å². The van der Waals surface area contributed by atoms with Gasteiger partial charge in [0, 0.05) is 12.2 Å². The van der Waals surface area contributed by atoms with Gasteiger partial charge in [-0.15, -0.1) is 0 Å². The van der Waals surface area contributed by atoms with Crippen LogP contribution in [0.1, 0.15) is 43.5 Å². The Labute approximate surface area is 91.1 Å². The summed E-state index contributed by atoms with van der Waals surface area (Å²) in [6.45, 7) is 0.514. The van der Waals surface area contributed by atoms with Gasteiger partial charge in [-0.1, -0.05) is 32.1 Å². The summed E-state index contributed by atoms with van der Waals surface area (Å²) in [6.07, 6.45) is 9.66. The van der Waals surface area contributed by atoms with E-state index in [1.807, 2.05) is 0 Å². The molecule has 2 N–H and O–H groups in total. The van der Waals surface area contributed by atoms with Crippen LogP contribution in [-0.4, -0.2) is 9.97 Å². The van der Waals surface area contributed by atoms with E-state index in [2.05, 4.69) is 16.0 Å². The van der Waals surface area contributed by atoms with Gasteiger partial charge in [0.15, 0.2) is 0 Å². The van der Waals surface area contributed by atoms with Crippen LogP contribution in [0.25, 0.3) is 0 Å². The van der Waals surface area contributed by atoms with Gasteiger partial charge >= 0.3 is 0 Å². The first-order valence-corrected chi connectivity index (χ1v) is 5.88. The molecule has 0 saturated heterocycles. The maximum atomic E-state index is 5.56. The molecular formula is C12H19N3. The first kappa shape index (κ1) is 10.6. The zero-order chi connectivity index (χ0) is 10.5.